The normalized spacial score (nSPS) is 24.4. The number of allylic oxidation sites excluding steroid dienone is 2. The fourth-order valence-corrected chi connectivity index (χ4v) is 3.04. The molecule has 0 aromatic rings. The average molecular weight is 304 g/mol. The van der Waals surface area contributed by atoms with E-state index in [4.69, 9.17) is 0 Å². The molecule has 0 saturated carbocycles. The lowest BCUT2D eigenvalue weighted by Gasteiger charge is -2.32. The van der Waals surface area contributed by atoms with E-state index in [1.54, 1.807) is 0 Å². The fraction of sp³-hybridized carbons (Fsp3) is 0.800. The molecule has 6 heteroatoms. The van der Waals surface area contributed by atoms with Crippen LogP contribution in [0.3, 0.4) is 0 Å². The highest BCUT2D eigenvalue weighted by molar-refractivity contribution is 5.76. The predicted molar refractivity (Wildman–Crippen MR) is 74.7 cm³/mol. The van der Waals surface area contributed by atoms with Crippen LogP contribution in [-0.2, 0) is 4.79 Å². The molecule has 1 amide bonds. The summed E-state index contributed by atoms with van der Waals surface area (Å²) in [5, 5.41) is 2.93. The van der Waals surface area contributed by atoms with Gasteiger partial charge in [0.25, 0.3) is 0 Å². The summed E-state index contributed by atoms with van der Waals surface area (Å²) in [7, 11) is 0. The molecule has 2 rings (SSSR count). The monoisotopic (exact) mass is 304 g/mol. The number of amides is 1. The van der Waals surface area contributed by atoms with Crippen LogP contribution in [0.5, 0.6) is 0 Å². The van der Waals surface area contributed by atoms with E-state index in [2.05, 4.69) is 17.5 Å². The van der Waals surface area contributed by atoms with Crippen molar-refractivity contribution in [2.45, 2.75) is 38.3 Å². The first kappa shape index (κ1) is 16.3. The van der Waals surface area contributed by atoms with Gasteiger partial charge in [-0.25, -0.2) is 0 Å². The molecule has 0 unspecified atom stereocenters. The van der Waals surface area contributed by atoms with Crippen molar-refractivity contribution in [3.05, 3.63) is 12.2 Å². The Labute approximate surface area is 123 Å². The third-order valence-electron chi connectivity index (χ3n) is 4.26. The molecule has 0 bridgehead atoms. The van der Waals surface area contributed by atoms with Gasteiger partial charge in [0.1, 0.15) is 0 Å². The number of likely N-dealkylation sites (tertiary alicyclic amines) is 1. The lowest BCUT2D eigenvalue weighted by Crippen LogP contribution is -2.42. The highest BCUT2D eigenvalue weighted by Crippen LogP contribution is 2.23. The number of piperidine rings is 1. The van der Waals surface area contributed by atoms with E-state index in [0.717, 1.165) is 25.7 Å². The maximum Gasteiger partial charge on any atom is 0.401 e. The first-order valence-electron chi connectivity index (χ1n) is 7.65. The number of carbonyl (C=O) groups excluding carboxylic acids is 1. The third kappa shape index (κ3) is 6.08. The number of halogens is 3. The van der Waals surface area contributed by atoms with E-state index in [-0.39, 0.29) is 5.91 Å². The summed E-state index contributed by atoms with van der Waals surface area (Å²) in [6.45, 7) is 0.700. The van der Waals surface area contributed by atoms with Gasteiger partial charge in [-0.05, 0) is 50.6 Å². The highest BCUT2D eigenvalue weighted by atomic mass is 19.4. The second kappa shape index (κ2) is 7.29. The van der Waals surface area contributed by atoms with Crippen LogP contribution in [0.1, 0.15) is 32.1 Å². The fourth-order valence-electron chi connectivity index (χ4n) is 3.04. The van der Waals surface area contributed by atoms with E-state index in [1.807, 2.05) is 0 Å². The van der Waals surface area contributed by atoms with E-state index >= 15 is 0 Å². The molecule has 1 N–H and O–H groups in total. The summed E-state index contributed by atoms with van der Waals surface area (Å²) < 4.78 is 36.8. The van der Waals surface area contributed by atoms with Gasteiger partial charge in [0.15, 0.2) is 0 Å². The molecule has 0 radical (unpaired) electrons. The molecule has 0 aromatic heterocycles. The molecule has 1 aliphatic heterocycles. The highest BCUT2D eigenvalue weighted by Gasteiger charge is 2.32. The Balaban J connectivity index is 1.60. The first-order chi connectivity index (χ1) is 9.92. The zero-order chi connectivity index (χ0) is 15.3. The molecular weight excluding hydrogens is 281 g/mol. The summed E-state index contributed by atoms with van der Waals surface area (Å²) >= 11 is 0. The van der Waals surface area contributed by atoms with Crippen molar-refractivity contribution in [2.24, 2.45) is 11.8 Å². The largest absolute Gasteiger partial charge is 0.401 e. The van der Waals surface area contributed by atoms with Crippen molar-refractivity contribution >= 4 is 5.91 Å². The lowest BCUT2D eigenvalue weighted by molar-refractivity contribution is -0.148. The minimum atomic E-state index is -4.12. The maximum absolute atomic E-state index is 12.3. The number of carbonyl (C=O) groups is 1. The van der Waals surface area contributed by atoms with E-state index in [0.29, 0.717) is 37.9 Å². The van der Waals surface area contributed by atoms with Gasteiger partial charge in [0.2, 0.25) is 5.91 Å². The quantitative estimate of drug-likeness (QED) is 0.792. The molecule has 1 heterocycles. The number of hydrogen-bond acceptors (Lipinski definition) is 2. The van der Waals surface area contributed by atoms with Crippen molar-refractivity contribution in [3.63, 3.8) is 0 Å². The summed E-state index contributed by atoms with van der Waals surface area (Å²) in [4.78, 5) is 13.2. The summed E-state index contributed by atoms with van der Waals surface area (Å²) in [5.74, 6) is 0.723. The zero-order valence-electron chi connectivity index (χ0n) is 12.2. The van der Waals surface area contributed by atoms with Crippen molar-refractivity contribution < 1.29 is 18.0 Å². The van der Waals surface area contributed by atoms with Crippen LogP contribution in [0.25, 0.3) is 0 Å². The molecule has 2 aliphatic rings. The topological polar surface area (TPSA) is 32.3 Å². The number of hydrogen-bond donors (Lipinski definition) is 1. The first-order valence-corrected chi connectivity index (χ1v) is 7.65. The van der Waals surface area contributed by atoms with Gasteiger partial charge in [0.05, 0.1) is 6.54 Å². The molecule has 3 nitrogen and oxygen atoms in total. The molecule has 1 saturated heterocycles. The Hall–Kier alpha value is -1.04. The average Bonchev–Trinajstić information content (AvgIpc) is 2.89. The second-order valence-electron chi connectivity index (χ2n) is 6.11. The minimum absolute atomic E-state index is 0.0595. The molecule has 120 valence electrons. The molecule has 0 aromatic carbocycles. The van der Waals surface area contributed by atoms with Crippen LogP contribution in [0.4, 0.5) is 13.2 Å². The van der Waals surface area contributed by atoms with Gasteiger partial charge < -0.3 is 5.32 Å². The molecular formula is C15H23F3N2O. The maximum atomic E-state index is 12.3. The van der Waals surface area contributed by atoms with Gasteiger partial charge >= 0.3 is 6.18 Å². The third-order valence-corrected chi connectivity index (χ3v) is 4.26. The molecule has 1 fully saturated rings. The van der Waals surface area contributed by atoms with Crippen LogP contribution in [0.15, 0.2) is 12.2 Å². The van der Waals surface area contributed by atoms with Crippen molar-refractivity contribution in [2.75, 3.05) is 26.2 Å². The Kier molecular flexibility index (Phi) is 5.67. The van der Waals surface area contributed by atoms with Gasteiger partial charge in [-0.1, -0.05) is 12.2 Å². The summed E-state index contributed by atoms with van der Waals surface area (Å²) in [6.07, 6.45) is 4.15. The van der Waals surface area contributed by atoms with Crippen molar-refractivity contribution in [1.82, 2.24) is 10.2 Å². The van der Waals surface area contributed by atoms with Gasteiger partial charge in [-0.15, -0.1) is 0 Å². The van der Waals surface area contributed by atoms with Crippen LogP contribution in [-0.4, -0.2) is 43.2 Å². The predicted octanol–water partition coefficient (Wildman–Crippen LogP) is 2.73. The Morgan fingerprint density at radius 3 is 2.52 bits per heavy atom. The van der Waals surface area contributed by atoms with Crippen LogP contribution < -0.4 is 5.32 Å². The molecule has 0 spiro atoms. The lowest BCUT2D eigenvalue weighted by atomic mass is 9.96. The van der Waals surface area contributed by atoms with Gasteiger partial charge in [-0.3, -0.25) is 9.69 Å². The van der Waals surface area contributed by atoms with Gasteiger partial charge in [0, 0.05) is 13.0 Å². The Morgan fingerprint density at radius 2 is 1.95 bits per heavy atom. The number of nitrogens with zero attached hydrogens (tertiary/aromatic N) is 1. The molecule has 1 aliphatic carbocycles. The van der Waals surface area contributed by atoms with Crippen LogP contribution in [0, 0.1) is 11.8 Å². The van der Waals surface area contributed by atoms with Crippen molar-refractivity contribution in [1.29, 1.82) is 0 Å². The smallest absolute Gasteiger partial charge is 0.356 e. The SMILES string of the molecule is O=C(C[C@@H]1C=CCC1)NCC1CCN(CC(F)(F)F)CC1. The molecule has 21 heavy (non-hydrogen) atoms. The zero-order valence-corrected chi connectivity index (χ0v) is 12.2. The minimum Gasteiger partial charge on any atom is -0.356 e. The number of alkyl halides is 3. The standard InChI is InChI=1S/C15H23F3N2O/c16-15(17,18)11-20-7-5-13(6-8-20)10-19-14(21)9-12-3-1-2-4-12/h1,3,12-13H,2,4-11H2,(H,19,21)/t12-/m1/s1. The van der Waals surface area contributed by atoms with E-state index in [1.165, 1.54) is 4.90 Å². The van der Waals surface area contributed by atoms with Crippen LogP contribution >= 0.6 is 0 Å². The Bertz CT molecular complexity index is 374. The van der Waals surface area contributed by atoms with Crippen molar-refractivity contribution in [3.8, 4) is 0 Å². The molecule has 1 atom stereocenters. The summed E-state index contributed by atoms with van der Waals surface area (Å²) in [5.41, 5.74) is 0. The van der Waals surface area contributed by atoms with Gasteiger partial charge in [-0.2, -0.15) is 13.2 Å². The second-order valence-corrected chi connectivity index (χ2v) is 6.11. The Morgan fingerprint density at radius 1 is 1.24 bits per heavy atom. The number of rotatable bonds is 5. The van der Waals surface area contributed by atoms with Crippen LogP contribution in [0.2, 0.25) is 0 Å². The summed E-state index contributed by atoms with van der Waals surface area (Å²) in [6, 6.07) is 0. The number of nitrogens with one attached hydrogen (secondary N) is 1. The van der Waals surface area contributed by atoms with E-state index < -0.39 is 12.7 Å². The van der Waals surface area contributed by atoms with E-state index in [9.17, 15) is 18.0 Å².